The van der Waals surface area contributed by atoms with E-state index < -0.39 is 11.9 Å². The molecule has 12 heteroatoms. The van der Waals surface area contributed by atoms with Crippen molar-refractivity contribution in [3.8, 4) is 0 Å². The topological polar surface area (TPSA) is 139 Å². The van der Waals surface area contributed by atoms with Crippen LogP contribution in [0.3, 0.4) is 0 Å². The maximum absolute atomic E-state index is 12.8. The van der Waals surface area contributed by atoms with Crippen molar-refractivity contribution in [1.82, 2.24) is 35.4 Å². The smallest absolute Gasteiger partial charge is 0.271 e. The number of nitrogens with one attached hydrogen (secondary N) is 2. The molecule has 29 heavy (non-hydrogen) atoms. The van der Waals surface area contributed by atoms with E-state index in [-0.39, 0.29) is 17.6 Å². The number of carbonyl (C=O) groups is 2. The van der Waals surface area contributed by atoms with E-state index in [1.807, 2.05) is 0 Å². The summed E-state index contributed by atoms with van der Waals surface area (Å²) in [5.41, 5.74) is 1.48. The van der Waals surface area contributed by atoms with Crippen LogP contribution in [0.5, 0.6) is 0 Å². The number of carbonyl (C=O) groups excluding carboxylic acids is 2. The van der Waals surface area contributed by atoms with Gasteiger partial charge in [-0.05, 0) is 20.6 Å². The standard InChI is InChI=1S/C17H19N9O2S/c1-8-11-12(21-7-22-13(11)26(5)25-8)15(28)23-9(2)16-20-6-10(29-16)14(27)24-17(18-3)19-4/h6-7,9H,3H2,1-2,4-5H3,(H,23,28)(H,19,24,27). The summed E-state index contributed by atoms with van der Waals surface area (Å²) in [5.74, 6) is -0.659. The van der Waals surface area contributed by atoms with Crippen molar-refractivity contribution in [3.05, 3.63) is 33.8 Å². The summed E-state index contributed by atoms with van der Waals surface area (Å²) in [7, 11) is 3.25. The van der Waals surface area contributed by atoms with Gasteiger partial charge in [0.25, 0.3) is 11.8 Å². The Balaban J connectivity index is 1.77. The first-order valence-corrected chi connectivity index (χ1v) is 9.33. The first kappa shape index (κ1) is 20.2. The third-order valence-electron chi connectivity index (χ3n) is 4.06. The molecule has 2 amide bonds. The Bertz CT molecular complexity index is 1130. The maximum atomic E-state index is 12.8. The molecule has 0 fully saturated rings. The minimum Gasteiger partial charge on any atom is -0.342 e. The number of fused-ring (bicyclic) bond motifs is 1. The predicted molar refractivity (Wildman–Crippen MR) is 109 cm³/mol. The number of rotatable bonds is 4. The molecule has 3 aromatic heterocycles. The number of hydrogen-bond donors (Lipinski definition) is 2. The molecular formula is C17H19N9O2S. The molecule has 3 rings (SSSR count). The van der Waals surface area contributed by atoms with Crippen LogP contribution < -0.4 is 10.6 Å². The molecule has 0 aliphatic rings. The van der Waals surface area contributed by atoms with Crippen molar-refractivity contribution in [3.63, 3.8) is 0 Å². The van der Waals surface area contributed by atoms with Gasteiger partial charge in [-0.15, -0.1) is 11.3 Å². The molecular weight excluding hydrogens is 394 g/mol. The molecule has 2 N–H and O–H groups in total. The van der Waals surface area contributed by atoms with E-state index in [4.69, 9.17) is 0 Å². The first-order valence-electron chi connectivity index (χ1n) is 8.51. The highest BCUT2D eigenvalue weighted by atomic mass is 32.1. The number of aliphatic imine (C=N–C) groups is 2. The Morgan fingerprint density at radius 3 is 2.72 bits per heavy atom. The van der Waals surface area contributed by atoms with Gasteiger partial charge in [0.05, 0.1) is 23.3 Å². The van der Waals surface area contributed by atoms with Crippen LogP contribution >= 0.6 is 11.3 Å². The Kier molecular flexibility index (Phi) is 5.73. The fourth-order valence-electron chi connectivity index (χ4n) is 2.70. The lowest BCUT2D eigenvalue weighted by atomic mass is 10.2. The van der Waals surface area contributed by atoms with Gasteiger partial charge in [0, 0.05) is 14.1 Å². The van der Waals surface area contributed by atoms with Crippen molar-refractivity contribution >= 4 is 46.9 Å². The Labute approximate surface area is 170 Å². The number of aromatic nitrogens is 5. The first-order chi connectivity index (χ1) is 13.8. The SMILES string of the molecule is C=NC(=NC)NC(=O)c1cnc(C(C)NC(=O)c2ncnc3c2c(C)nn3C)s1. The average molecular weight is 413 g/mol. The molecule has 0 aromatic carbocycles. The van der Waals surface area contributed by atoms with Crippen LogP contribution in [0.4, 0.5) is 0 Å². The summed E-state index contributed by atoms with van der Waals surface area (Å²) in [5, 5.41) is 10.8. The summed E-state index contributed by atoms with van der Waals surface area (Å²) in [4.78, 5) is 45.3. The maximum Gasteiger partial charge on any atom is 0.271 e. The molecule has 0 aliphatic heterocycles. The summed E-state index contributed by atoms with van der Waals surface area (Å²) in [6.45, 7) is 6.90. The lowest BCUT2D eigenvalue weighted by Crippen LogP contribution is -2.28. The summed E-state index contributed by atoms with van der Waals surface area (Å²) in [6, 6.07) is -0.437. The molecule has 0 spiro atoms. The molecule has 0 aliphatic carbocycles. The van der Waals surface area contributed by atoms with Crippen LogP contribution in [0.1, 0.15) is 43.8 Å². The normalized spacial score (nSPS) is 12.6. The van der Waals surface area contributed by atoms with Gasteiger partial charge in [0.15, 0.2) is 5.65 Å². The number of hydrogen-bond acceptors (Lipinski definition) is 8. The molecule has 3 aromatic rings. The van der Waals surface area contributed by atoms with E-state index in [0.717, 1.165) is 11.3 Å². The van der Waals surface area contributed by atoms with Gasteiger partial charge in [-0.2, -0.15) is 5.10 Å². The molecule has 150 valence electrons. The molecule has 1 unspecified atom stereocenters. The highest BCUT2D eigenvalue weighted by molar-refractivity contribution is 7.13. The van der Waals surface area contributed by atoms with E-state index in [0.29, 0.717) is 26.6 Å². The quantitative estimate of drug-likeness (QED) is 0.484. The van der Waals surface area contributed by atoms with Crippen molar-refractivity contribution in [2.45, 2.75) is 19.9 Å². The Hall–Kier alpha value is -3.54. The molecule has 0 saturated carbocycles. The van der Waals surface area contributed by atoms with Crippen LogP contribution in [0.25, 0.3) is 11.0 Å². The average Bonchev–Trinajstić information content (AvgIpc) is 3.31. The number of aryl methyl sites for hydroxylation is 2. The summed E-state index contributed by atoms with van der Waals surface area (Å²) >= 11 is 1.16. The van der Waals surface area contributed by atoms with Gasteiger partial charge in [-0.1, -0.05) is 0 Å². The van der Waals surface area contributed by atoms with Crippen LogP contribution in [0.2, 0.25) is 0 Å². The van der Waals surface area contributed by atoms with E-state index in [1.54, 1.807) is 25.6 Å². The van der Waals surface area contributed by atoms with Gasteiger partial charge >= 0.3 is 0 Å². The highest BCUT2D eigenvalue weighted by Gasteiger charge is 2.22. The number of thiazole rings is 1. The van der Waals surface area contributed by atoms with Crippen LogP contribution in [0.15, 0.2) is 22.5 Å². The molecule has 3 heterocycles. The van der Waals surface area contributed by atoms with E-state index >= 15 is 0 Å². The number of guanidine groups is 1. The minimum absolute atomic E-state index is 0.117. The van der Waals surface area contributed by atoms with Crippen LogP contribution in [0, 0.1) is 6.92 Å². The van der Waals surface area contributed by atoms with Crippen molar-refractivity contribution in [1.29, 1.82) is 0 Å². The Morgan fingerprint density at radius 2 is 2.03 bits per heavy atom. The zero-order valence-electron chi connectivity index (χ0n) is 16.3. The van der Waals surface area contributed by atoms with Gasteiger partial charge in [0.1, 0.15) is 21.9 Å². The second-order valence-corrected chi connectivity index (χ2v) is 7.11. The zero-order valence-corrected chi connectivity index (χ0v) is 17.1. The summed E-state index contributed by atoms with van der Waals surface area (Å²) < 4.78 is 1.60. The van der Waals surface area contributed by atoms with Gasteiger partial charge in [-0.3, -0.25) is 24.6 Å². The highest BCUT2D eigenvalue weighted by Crippen LogP contribution is 2.22. The van der Waals surface area contributed by atoms with Crippen molar-refractivity contribution in [2.24, 2.45) is 17.0 Å². The summed E-state index contributed by atoms with van der Waals surface area (Å²) in [6.07, 6.45) is 2.76. The zero-order chi connectivity index (χ0) is 21.1. The lowest BCUT2D eigenvalue weighted by molar-refractivity contribution is 0.0935. The van der Waals surface area contributed by atoms with E-state index in [9.17, 15) is 9.59 Å². The fourth-order valence-corrected chi connectivity index (χ4v) is 3.51. The third-order valence-corrected chi connectivity index (χ3v) is 5.24. The van der Waals surface area contributed by atoms with Gasteiger partial charge in [-0.25, -0.2) is 19.9 Å². The predicted octanol–water partition coefficient (Wildman–Crippen LogP) is 1.04. The largest absolute Gasteiger partial charge is 0.342 e. The minimum atomic E-state index is -0.437. The monoisotopic (exact) mass is 413 g/mol. The molecule has 0 bridgehead atoms. The third kappa shape index (κ3) is 4.01. The van der Waals surface area contributed by atoms with Crippen molar-refractivity contribution < 1.29 is 9.59 Å². The Morgan fingerprint density at radius 1 is 1.28 bits per heavy atom. The van der Waals surface area contributed by atoms with Crippen LogP contribution in [-0.2, 0) is 7.05 Å². The molecule has 11 nitrogen and oxygen atoms in total. The van der Waals surface area contributed by atoms with Crippen molar-refractivity contribution in [2.75, 3.05) is 7.05 Å². The molecule has 0 radical (unpaired) electrons. The van der Waals surface area contributed by atoms with E-state index in [1.165, 1.54) is 19.6 Å². The lowest BCUT2D eigenvalue weighted by Gasteiger charge is -2.11. The van der Waals surface area contributed by atoms with Gasteiger partial charge in [0.2, 0.25) is 5.96 Å². The molecule has 1 atom stereocenters. The number of amides is 2. The fraction of sp³-hybridized carbons (Fsp3) is 0.294. The number of nitrogens with zero attached hydrogens (tertiary/aromatic N) is 7. The van der Waals surface area contributed by atoms with Gasteiger partial charge < -0.3 is 5.32 Å². The molecule has 0 saturated heterocycles. The second kappa shape index (κ2) is 8.22. The van der Waals surface area contributed by atoms with Crippen LogP contribution in [-0.4, -0.2) is 56.3 Å². The second-order valence-electron chi connectivity index (χ2n) is 6.05. The van der Waals surface area contributed by atoms with E-state index in [2.05, 4.69) is 47.4 Å².